The summed E-state index contributed by atoms with van der Waals surface area (Å²) in [7, 11) is 0. The number of nitrogens with two attached hydrogens (primary N) is 1. The molecule has 0 radical (unpaired) electrons. The molecule has 0 saturated carbocycles. The zero-order valence-corrected chi connectivity index (χ0v) is 11.3. The number of aliphatic carboxylic acids is 1. The van der Waals surface area contributed by atoms with Crippen LogP contribution in [0.15, 0.2) is 0 Å². The van der Waals surface area contributed by atoms with Crippen LogP contribution in [0.4, 0.5) is 4.79 Å². The minimum atomic E-state index is -0.921. The molecule has 3 N–H and O–H groups in total. The van der Waals surface area contributed by atoms with E-state index in [9.17, 15) is 14.4 Å². The van der Waals surface area contributed by atoms with Crippen molar-refractivity contribution in [3.8, 4) is 0 Å². The quantitative estimate of drug-likeness (QED) is 0.747. The van der Waals surface area contributed by atoms with Crippen molar-refractivity contribution in [3.63, 3.8) is 0 Å². The topological polar surface area (TPSA) is 104 Å². The Morgan fingerprint density at radius 1 is 1.42 bits per heavy atom. The molecule has 0 aromatic heterocycles. The fourth-order valence-corrected chi connectivity index (χ4v) is 2.31. The summed E-state index contributed by atoms with van der Waals surface area (Å²) in [5.74, 6) is -1.49. The van der Waals surface area contributed by atoms with Gasteiger partial charge in [0.1, 0.15) is 6.54 Å². The van der Waals surface area contributed by atoms with Crippen LogP contribution in [0.3, 0.4) is 0 Å². The molecule has 1 rings (SSSR count). The highest BCUT2D eigenvalue weighted by Crippen LogP contribution is 2.22. The lowest BCUT2D eigenvalue weighted by Gasteiger charge is -2.33. The van der Waals surface area contributed by atoms with Crippen LogP contribution in [0.1, 0.15) is 33.1 Å². The second-order valence-corrected chi connectivity index (χ2v) is 5.06. The number of carboxylic acids is 1. The van der Waals surface area contributed by atoms with Crippen LogP contribution in [0, 0.1) is 0 Å². The van der Waals surface area contributed by atoms with Crippen LogP contribution in [0.5, 0.6) is 0 Å². The van der Waals surface area contributed by atoms with E-state index >= 15 is 0 Å². The number of amides is 3. The second kappa shape index (κ2) is 6.40. The van der Waals surface area contributed by atoms with Gasteiger partial charge in [-0.25, -0.2) is 4.79 Å². The molecule has 0 bridgehead atoms. The van der Waals surface area contributed by atoms with E-state index in [4.69, 9.17) is 10.8 Å². The molecule has 1 fully saturated rings. The average Bonchev–Trinajstić information content (AvgIpc) is 2.71. The molecule has 1 atom stereocenters. The Morgan fingerprint density at radius 2 is 2.05 bits per heavy atom. The van der Waals surface area contributed by atoms with Crippen LogP contribution in [-0.2, 0) is 9.59 Å². The molecule has 1 unspecified atom stereocenters. The van der Waals surface area contributed by atoms with E-state index in [1.54, 1.807) is 13.8 Å². The summed E-state index contributed by atoms with van der Waals surface area (Å²) in [6.07, 6.45) is 1.40. The summed E-state index contributed by atoms with van der Waals surface area (Å²) in [6, 6.07) is -0.761. The van der Waals surface area contributed by atoms with E-state index in [0.717, 1.165) is 6.42 Å². The van der Waals surface area contributed by atoms with Crippen molar-refractivity contribution >= 4 is 17.9 Å². The first kappa shape index (κ1) is 15.3. The van der Waals surface area contributed by atoms with Gasteiger partial charge in [-0.15, -0.1) is 0 Å². The molecule has 0 aromatic carbocycles. The summed E-state index contributed by atoms with van der Waals surface area (Å²) in [4.78, 5) is 37.1. The van der Waals surface area contributed by atoms with Gasteiger partial charge in [-0.3, -0.25) is 9.59 Å². The summed E-state index contributed by atoms with van der Waals surface area (Å²) < 4.78 is 0. The Labute approximate surface area is 112 Å². The number of nitrogens with zero attached hydrogens (tertiary/aromatic N) is 2. The first-order valence-electron chi connectivity index (χ1n) is 6.40. The maximum atomic E-state index is 12.4. The van der Waals surface area contributed by atoms with Gasteiger partial charge in [-0.1, -0.05) is 0 Å². The lowest BCUT2D eigenvalue weighted by Crippen LogP contribution is -2.51. The molecule has 1 aliphatic rings. The fourth-order valence-electron chi connectivity index (χ4n) is 2.31. The lowest BCUT2D eigenvalue weighted by atomic mass is 10.1. The average molecular weight is 271 g/mol. The Balaban J connectivity index is 2.77. The maximum Gasteiger partial charge on any atom is 0.320 e. The molecule has 3 amide bonds. The molecule has 0 spiro atoms. The zero-order chi connectivity index (χ0) is 14.6. The van der Waals surface area contributed by atoms with Gasteiger partial charge in [0.15, 0.2) is 0 Å². The van der Waals surface area contributed by atoms with E-state index in [-0.39, 0.29) is 31.1 Å². The third kappa shape index (κ3) is 4.11. The molecule has 1 aliphatic heterocycles. The van der Waals surface area contributed by atoms with E-state index in [1.165, 1.54) is 9.80 Å². The summed E-state index contributed by atoms with van der Waals surface area (Å²) >= 11 is 0. The second-order valence-electron chi connectivity index (χ2n) is 5.06. The van der Waals surface area contributed by atoms with Crippen LogP contribution < -0.4 is 5.73 Å². The molecule has 108 valence electrons. The number of hydrogen-bond acceptors (Lipinski definition) is 3. The number of likely N-dealkylation sites (tertiary alicyclic amines) is 1. The predicted molar refractivity (Wildman–Crippen MR) is 68.4 cm³/mol. The minimum absolute atomic E-state index is 0.0613. The Kier molecular flexibility index (Phi) is 5.14. The SMILES string of the molecule is CC(C)N(CC(N)=O)C(=O)N1CCCC1CC(=O)O. The fraction of sp³-hybridized carbons (Fsp3) is 0.750. The lowest BCUT2D eigenvalue weighted by molar-refractivity contribution is -0.138. The monoisotopic (exact) mass is 271 g/mol. The van der Waals surface area contributed by atoms with Crippen molar-refractivity contribution in [2.75, 3.05) is 13.1 Å². The predicted octanol–water partition coefficient (Wildman–Crippen LogP) is 0.241. The largest absolute Gasteiger partial charge is 0.481 e. The van der Waals surface area contributed by atoms with E-state index in [2.05, 4.69) is 0 Å². The minimum Gasteiger partial charge on any atom is -0.481 e. The van der Waals surface area contributed by atoms with E-state index < -0.39 is 11.9 Å². The van der Waals surface area contributed by atoms with Gasteiger partial charge in [0.2, 0.25) is 5.91 Å². The number of rotatable bonds is 5. The highest BCUT2D eigenvalue weighted by Gasteiger charge is 2.34. The van der Waals surface area contributed by atoms with Crippen LogP contribution >= 0.6 is 0 Å². The summed E-state index contributed by atoms with van der Waals surface area (Å²) in [5.41, 5.74) is 5.14. The van der Waals surface area contributed by atoms with Gasteiger partial charge < -0.3 is 20.6 Å². The number of primary amides is 1. The van der Waals surface area contributed by atoms with Gasteiger partial charge >= 0.3 is 12.0 Å². The Hall–Kier alpha value is -1.79. The van der Waals surface area contributed by atoms with Crippen LogP contribution in [0.2, 0.25) is 0 Å². The molecular weight excluding hydrogens is 250 g/mol. The molecule has 0 aliphatic carbocycles. The molecule has 0 aromatic rings. The van der Waals surface area contributed by atoms with Crippen molar-refractivity contribution in [2.45, 2.75) is 45.2 Å². The van der Waals surface area contributed by atoms with Crippen molar-refractivity contribution in [1.29, 1.82) is 0 Å². The standard InChI is InChI=1S/C12H21N3O4/c1-8(2)15(7-10(13)16)12(19)14-5-3-4-9(14)6-11(17)18/h8-9H,3-7H2,1-2H3,(H2,13,16)(H,17,18). The number of carboxylic acid groups (broad SMARTS) is 1. The first-order chi connectivity index (χ1) is 8.82. The Bertz CT molecular complexity index is 370. The van der Waals surface area contributed by atoms with Gasteiger partial charge in [0, 0.05) is 18.6 Å². The first-order valence-corrected chi connectivity index (χ1v) is 6.40. The number of carbonyl (C=O) groups excluding carboxylic acids is 2. The third-order valence-electron chi connectivity index (χ3n) is 3.23. The molecule has 1 heterocycles. The number of urea groups is 1. The highest BCUT2D eigenvalue weighted by atomic mass is 16.4. The summed E-state index contributed by atoms with van der Waals surface area (Å²) in [5, 5.41) is 8.84. The van der Waals surface area contributed by atoms with Crippen molar-refractivity contribution < 1.29 is 19.5 Å². The van der Waals surface area contributed by atoms with Crippen molar-refractivity contribution in [2.24, 2.45) is 5.73 Å². The zero-order valence-electron chi connectivity index (χ0n) is 11.3. The Morgan fingerprint density at radius 3 is 2.53 bits per heavy atom. The van der Waals surface area contributed by atoms with Crippen LogP contribution in [0.25, 0.3) is 0 Å². The van der Waals surface area contributed by atoms with Crippen LogP contribution in [-0.4, -0.2) is 58.0 Å². The van der Waals surface area contributed by atoms with Gasteiger partial charge in [0.25, 0.3) is 0 Å². The van der Waals surface area contributed by atoms with Gasteiger partial charge in [-0.05, 0) is 26.7 Å². The van der Waals surface area contributed by atoms with Gasteiger partial charge in [-0.2, -0.15) is 0 Å². The maximum absolute atomic E-state index is 12.4. The molecule has 7 heteroatoms. The molecule has 1 saturated heterocycles. The molecule has 7 nitrogen and oxygen atoms in total. The highest BCUT2D eigenvalue weighted by molar-refractivity contribution is 5.83. The molecular formula is C12H21N3O4. The van der Waals surface area contributed by atoms with E-state index in [1.807, 2.05) is 0 Å². The number of carbonyl (C=O) groups is 3. The molecule has 19 heavy (non-hydrogen) atoms. The normalized spacial score (nSPS) is 18.7. The smallest absolute Gasteiger partial charge is 0.320 e. The third-order valence-corrected chi connectivity index (χ3v) is 3.23. The van der Waals surface area contributed by atoms with Crippen molar-refractivity contribution in [3.05, 3.63) is 0 Å². The number of hydrogen-bond donors (Lipinski definition) is 2. The van der Waals surface area contributed by atoms with Gasteiger partial charge in [0.05, 0.1) is 6.42 Å². The summed E-state index contributed by atoms with van der Waals surface area (Å²) in [6.45, 7) is 3.97. The van der Waals surface area contributed by atoms with Crippen molar-refractivity contribution in [1.82, 2.24) is 9.80 Å². The van der Waals surface area contributed by atoms with E-state index in [0.29, 0.717) is 13.0 Å².